The average molecular weight is 424 g/mol. The molecule has 3 N–H and O–H groups in total. The largest absolute Gasteiger partial charge is 0.405 e. The molecule has 30 heavy (non-hydrogen) atoms. The molecule has 0 bridgehead atoms. The van der Waals surface area contributed by atoms with Gasteiger partial charge in [-0.2, -0.15) is 13.2 Å². The first kappa shape index (κ1) is 20.8. The second-order valence-electron chi connectivity index (χ2n) is 8.11. The number of alkyl halides is 3. The van der Waals surface area contributed by atoms with Crippen LogP contribution < -0.4 is 11.1 Å². The molecule has 3 heterocycles. The maximum absolute atomic E-state index is 13.6. The SMILES string of the molecule is NC1CCCN(Cc2cccc3c2C(=O)N(C2CCC(=O)NC2=O)C3)C1C(F)(F)F. The summed E-state index contributed by atoms with van der Waals surface area (Å²) in [7, 11) is 0. The first-order valence-electron chi connectivity index (χ1n) is 9.98. The van der Waals surface area contributed by atoms with Gasteiger partial charge in [0.05, 0.1) is 0 Å². The van der Waals surface area contributed by atoms with E-state index in [0.717, 1.165) is 0 Å². The molecule has 3 unspecified atom stereocenters. The van der Waals surface area contributed by atoms with E-state index in [2.05, 4.69) is 5.32 Å². The molecule has 2 saturated heterocycles. The summed E-state index contributed by atoms with van der Waals surface area (Å²) < 4.78 is 40.8. The number of fused-ring (bicyclic) bond motifs is 1. The number of hydrogen-bond donors (Lipinski definition) is 2. The Hall–Kier alpha value is -2.46. The minimum atomic E-state index is -4.46. The first-order chi connectivity index (χ1) is 14.2. The van der Waals surface area contributed by atoms with E-state index < -0.39 is 30.2 Å². The summed E-state index contributed by atoms with van der Waals surface area (Å²) in [6.45, 7) is 0.388. The molecule has 1 aromatic rings. The monoisotopic (exact) mass is 424 g/mol. The molecule has 0 aliphatic carbocycles. The molecule has 162 valence electrons. The van der Waals surface area contributed by atoms with Crippen LogP contribution in [0.25, 0.3) is 0 Å². The van der Waals surface area contributed by atoms with Gasteiger partial charge in [0.25, 0.3) is 5.91 Å². The van der Waals surface area contributed by atoms with Crippen LogP contribution >= 0.6 is 0 Å². The highest BCUT2D eigenvalue weighted by molar-refractivity contribution is 6.05. The highest BCUT2D eigenvalue weighted by atomic mass is 19.4. The van der Waals surface area contributed by atoms with Crippen LogP contribution in [0.4, 0.5) is 13.2 Å². The molecule has 3 atom stereocenters. The van der Waals surface area contributed by atoms with Gasteiger partial charge in [0.2, 0.25) is 11.8 Å². The molecule has 10 heteroatoms. The first-order valence-corrected chi connectivity index (χ1v) is 9.98. The summed E-state index contributed by atoms with van der Waals surface area (Å²) in [6, 6.07) is 1.57. The third kappa shape index (κ3) is 3.69. The van der Waals surface area contributed by atoms with E-state index in [1.54, 1.807) is 18.2 Å². The predicted octanol–water partition coefficient (Wildman–Crippen LogP) is 1.30. The number of rotatable bonds is 3. The fraction of sp³-hybridized carbons (Fsp3) is 0.550. The van der Waals surface area contributed by atoms with Gasteiger partial charge < -0.3 is 10.6 Å². The van der Waals surface area contributed by atoms with Crippen molar-refractivity contribution in [3.63, 3.8) is 0 Å². The minimum absolute atomic E-state index is 0.0457. The van der Waals surface area contributed by atoms with Crippen LogP contribution in [0.1, 0.15) is 47.2 Å². The van der Waals surface area contributed by atoms with Crippen LogP contribution in [0.15, 0.2) is 18.2 Å². The summed E-state index contributed by atoms with van der Waals surface area (Å²) in [6.07, 6.45) is -3.23. The summed E-state index contributed by atoms with van der Waals surface area (Å²) >= 11 is 0. The molecule has 0 radical (unpaired) electrons. The maximum Gasteiger partial charge on any atom is 0.405 e. The molecule has 3 aliphatic heterocycles. The quantitative estimate of drug-likeness (QED) is 0.714. The Bertz CT molecular complexity index is 889. The lowest BCUT2D eigenvalue weighted by Crippen LogP contribution is -2.58. The number of carbonyl (C=O) groups is 3. The van der Waals surface area contributed by atoms with Crippen molar-refractivity contribution in [3.05, 3.63) is 34.9 Å². The fourth-order valence-electron chi connectivity index (χ4n) is 4.77. The average Bonchev–Trinajstić information content (AvgIpc) is 2.98. The van der Waals surface area contributed by atoms with E-state index in [1.165, 1.54) is 9.80 Å². The number of benzene rings is 1. The van der Waals surface area contributed by atoms with Crippen molar-refractivity contribution in [2.45, 2.75) is 63.1 Å². The minimum Gasteiger partial charge on any atom is -0.326 e. The van der Waals surface area contributed by atoms with Gasteiger partial charge in [-0.15, -0.1) is 0 Å². The Morgan fingerprint density at radius 2 is 1.93 bits per heavy atom. The second-order valence-corrected chi connectivity index (χ2v) is 8.11. The van der Waals surface area contributed by atoms with Crippen molar-refractivity contribution >= 4 is 17.7 Å². The van der Waals surface area contributed by atoms with Crippen molar-refractivity contribution in [2.75, 3.05) is 6.54 Å². The molecule has 7 nitrogen and oxygen atoms in total. The highest BCUT2D eigenvalue weighted by Gasteiger charge is 2.49. The topological polar surface area (TPSA) is 95.7 Å². The van der Waals surface area contributed by atoms with Gasteiger partial charge in [0.15, 0.2) is 0 Å². The Labute approximate surface area is 171 Å². The maximum atomic E-state index is 13.6. The zero-order valence-corrected chi connectivity index (χ0v) is 16.2. The van der Waals surface area contributed by atoms with Gasteiger partial charge in [-0.25, -0.2) is 0 Å². The van der Waals surface area contributed by atoms with Gasteiger partial charge in [-0.1, -0.05) is 18.2 Å². The standard InChI is InChI=1S/C20H23F3N4O3/c21-20(22,23)17-13(24)5-2-8-26(17)9-11-3-1-4-12-10-27(19(30)16(11)12)14-6-7-15(28)25-18(14)29/h1,3-4,13-14,17H,2,5-10,24H2,(H,25,28,29). The second kappa shape index (κ2) is 7.66. The number of likely N-dealkylation sites (tertiary alicyclic amines) is 1. The molecule has 0 saturated carbocycles. The number of halogens is 3. The van der Waals surface area contributed by atoms with Crippen LogP contribution in [0.5, 0.6) is 0 Å². The molecular formula is C20H23F3N4O3. The van der Waals surface area contributed by atoms with E-state index in [1.807, 2.05) is 0 Å². The molecule has 0 spiro atoms. The molecule has 3 aliphatic rings. The van der Waals surface area contributed by atoms with Gasteiger partial charge >= 0.3 is 6.18 Å². The molecule has 0 aromatic heterocycles. The van der Waals surface area contributed by atoms with Gasteiger partial charge in [0, 0.05) is 31.1 Å². The fourth-order valence-corrected chi connectivity index (χ4v) is 4.77. The normalized spacial score (nSPS) is 27.9. The van der Waals surface area contributed by atoms with E-state index in [9.17, 15) is 27.6 Å². The van der Waals surface area contributed by atoms with E-state index in [0.29, 0.717) is 29.5 Å². The van der Waals surface area contributed by atoms with Crippen LogP contribution in [-0.2, 0) is 22.7 Å². The smallest absolute Gasteiger partial charge is 0.326 e. The van der Waals surface area contributed by atoms with E-state index in [4.69, 9.17) is 5.73 Å². The highest BCUT2D eigenvalue weighted by Crippen LogP contribution is 2.35. The van der Waals surface area contributed by atoms with Gasteiger partial charge in [-0.3, -0.25) is 24.6 Å². The number of imide groups is 1. The number of carbonyl (C=O) groups excluding carboxylic acids is 3. The third-order valence-electron chi connectivity index (χ3n) is 6.13. The summed E-state index contributed by atoms with van der Waals surface area (Å²) in [4.78, 5) is 39.4. The lowest BCUT2D eigenvalue weighted by Gasteiger charge is -2.40. The number of nitrogens with zero attached hydrogens (tertiary/aromatic N) is 2. The molecule has 2 fully saturated rings. The van der Waals surface area contributed by atoms with Crippen molar-refractivity contribution in [1.29, 1.82) is 0 Å². The van der Waals surface area contributed by atoms with Crippen LogP contribution in [0.3, 0.4) is 0 Å². The van der Waals surface area contributed by atoms with Gasteiger partial charge in [-0.05, 0) is 36.9 Å². The third-order valence-corrected chi connectivity index (χ3v) is 6.13. The lowest BCUT2D eigenvalue weighted by molar-refractivity contribution is -0.197. The number of amides is 3. The molecule has 4 rings (SSSR count). The Balaban J connectivity index is 1.59. The van der Waals surface area contributed by atoms with E-state index >= 15 is 0 Å². The molecule has 1 aromatic carbocycles. The van der Waals surface area contributed by atoms with Gasteiger partial charge in [0.1, 0.15) is 12.1 Å². The van der Waals surface area contributed by atoms with Crippen LogP contribution in [0.2, 0.25) is 0 Å². The van der Waals surface area contributed by atoms with Crippen molar-refractivity contribution < 1.29 is 27.6 Å². The Morgan fingerprint density at radius 3 is 2.63 bits per heavy atom. The summed E-state index contributed by atoms with van der Waals surface area (Å²) in [5.41, 5.74) is 7.31. The Kier molecular flexibility index (Phi) is 5.31. The number of nitrogens with two attached hydrogens (primary N) is 1. The van der Waals surface area contributed by atoms with Crippen molar-refractivity contribution in [1.82, 2.24) is 15.1 Å². The number of nitrogens with one attached hydrogen (secondary N) is 1. The van der Waals surface area contributed by atoms with E-state index in [-0.39, 0.29) is 44.3 Å². The number of hydrogen-bond acceptors (Lipinski definition) is 5. The van der Waals surface area contributed by atoms with Crippen LogP contribution in [0, 0.1) is 0 Å². The zero-order valence-electron chi connectivity index (χ0n) is 16.2. The predicted molar refractivity (Wildman–Crippen MR) is 99.9 cm³/mol. The van der Waals surface area contributed by atoms with Crippen molar-refractivity contribution in [2.24, 2.45) is 5.73 Å². The Morgan fingerprint density at radius 1 is 1.17 bits per heavy atom. The van der Waals surface area contributed by atoms with Crippen LogP contribution in [-0.4, -0.2) is 58.4 Å². The zero-order chi connectivity index (χ0) is 21.6. The summed E-state index contributed by atoms with van der Waals surface area (Å²) in [5.74, 6) is -1.28. The number of piperidine rings is 2. The lowest BCUT2D eigenvalue weighted by atomic mass is 9.94. The van der Waals surface area contributed by atoms with Crippen molar-refractivity contribution in [3.8, 4) is 0 Å². The summed E-state index contributed by atoms with van der Waals surface area (Å²) in [5, 5.41) is 2.24. The molecule has 3 amide bonds. The molecular weight excluding hydrogens is 401 g/mol.